The van der Waals surface area contributed by atoms with Gasteiger partial charge in [0.15, 0.2) is 0 Å². The molecule has 1 N–H and O–H groups in total. The van der Waals surface area contributed by atoms with Crippen LogP contribution in [0.5, 0.6) is 0 Å². The van der Waals surface area contributed by atoms with Crippen molar-refractivity contribution in [2.75, 3.05) is 13.1 Å². The zero-order valence-corrected chi connectivity index (χ0v) is 18.5. The monoisotopic (exact) mass is 485 g/mol. The molecule has 1 fully saturated rings. The molecule has 1 saturated heterocycles. The molecule has 1 aromatic heterocycles. The molecule has 1 aliphatic heterocycles. The number of amides is 1. The first-order valence-electron chi connectivity index (χ1n) is 8.96. The Labute approximate surface area is 178 Å². The summed E-state index contributed by atoms with van der Waals surface area (Å²) in [4.78, 5) is 16.5. The fourth-order valence-corrected chi connectivity index (χ4v) is 5.82. The second-order valence-corrected chi connectivity index (χ2v) is 9.84. The quantitative estimate of drug-likeness (QED) is 0.652. The second kappa shape index (κ2) is 8.90. The van der Waals surface area contributed by atoms with E-state index >= 15 is 0 Å². The third-order valence-electron chi connectivity index (χ3n) is 4.90. The average Bonchev–Trinajstić information content (AvgIpc) is 2.68. The van der Waals surface area contributed by atoms with Gasteiger partial charge in [-0.3, -0.25) is 4.79 Å². The third kappa shape index (κ3) is 4.56. The topological polar surface area (TPSA) is 79.4 Å². The molecule has 0 aliphatic carbocycles. The number of nitrogens with one attached hydrogen (secondary N) is 1. The van der Waals surface area contributed by atoms with Gasteiger partial charge >= 0.3 is 0 Å². The number of hydrogen-bond donors (Lipinski definition) is 1. The Hall–Kier alpha value is -1.48. The van der Waals surface area contributed by atoms with Crippen molar-refractivity contribution >= 4 is 43.5 Å². The van der Waals surface area contributed by atoms with Crippen LogP contribution in [0.25, 0.3) is 0 Å². The van der Waals surface area contributed by atoms with Gasteiger partial charge in [0, 0.05) is 29.7 Å². The first kappa shape index (κ1) is 21.2. The zero-order chi connectivity index (χ0) is 20.3. The number of piperidine rings is 1. The van der Waals surface area contributed by atoms with E-state index in [0.29, 0.717) is 12.8 Å². The molecule has 0 radical (unpaired) electrons. The molecule has 1 aliphatic rings. The molecular formula is C19H21BrClN3O3S. The summed E-state index contributed by atoms with van der Waals surface area (Å²) in [7, 11) is -3.71. The van der Waals surface area contributed by atoms with Gasteiger partial charge in [0.2, 0.25) is 15.9 Å². The summed E-state index contributed by atoms with van der Waals surface area (Å²) in [6.45, 7) is 2.48. The van der Waals surface area contributed by atoms with Gasteiger partial charge < -0.3 is 5.32 Å². The summed E-state index contributed by atoms with van der Waals surface area (Å²) in [5.74, 6) is -0.277. The highest BCUT2D eigenvalue weighted by Gasteiger charge is 2.33. The van der Waals surface area contributed by atoms with Crippen molar-refractivity contribution < 1.29 is 13.2 Å². The lowest BCUT2D eigenvalue weighted by Gasteiger charge is -2.31. The number of nitrogens with zero attached hydrogens (tertiary/aromatic N) is 2. The van der Waals surface area contributed by atoms with Gasteiger partial charge in [0.25, 0.3) is 0 Å². The maximum Gasteiger partial charge on any atom is 0.246 e. The van der Waals surface area contributed by atoms with Crippen LogP contribution < -0.4 is 5.32 Å². The van der Waals surface area contributed by atoms with Gasteiger partial charge in [0.1, 0.15) is 10.0 Å². The van der Waals surface area contributed by atoms with E-state index in [-0.39, 0.29) is 41.0 Å². The molecule has 0 bridgehead atoms. The predicted octanol–water partition coefficient (Wildman–Crippen LogP) is 3.78. The lowest BCUT2D eigenvalue weighted by molar-refractivity contribution is -0.126. The summed E-state index contributed by atoms with van der Waals surface area (Å²) in [5.41, 5.74) is 1.00. The first-order chi connectivity index (χ1) is 13.3. The maximum absolute atomic E-state index is 12.8. The Morgan fingerprint density at radius 2 is 1.93 bits per heavy atom. The minimum Gasteiger partial charge on any atom is -0.349 e. The standard InChI is InChI=1S/C19H21BrClN3O3S/c1-13(15-5-2-3-6-16(15)20)23-19(25)14-8-11-24(12-9-14)28(26,27)17-7-4-10-22-18(17)21/h2-7,10,13-14H,8-9,11-12H2,1H3,(H,23,25). The minimum atomic E-state index is -3.71. The van der Waals surface area contributed by atoms with Gasteiger partial charge in [-0.2, -0.15) is 4.31 Å². The van der Waals surface area contributed by atoms with Gasteiger partial charge in [-0.25, -0.2) is 13.4 Å². The molecule has 0 saturated carbocycles. The van der Waals surface area contributed by atoms with Crippen LogP contribution in [0.1, 0.15) is 31.4 Å². The molecule has 1 unspecified atom stereocenters. The Balaban J connectivity index is 1.61. The fraction of sp³-hybridized carbons (Fsp3) is 0.368. The highest BCUT2D eigenvalue weighted by molar-refractivity contribution is 9.10. The Morgan fingerprint density at radius 3 is 2.57 bits per heavy atom. The molecule has 9 heteroatoms. The molecule has 1 atom stereocenters. The molecule has 150 valence electrons. The van der Waals surface area contributed by atoms with Crippen LogP contribution in [-0.4, -0.2) is 36.7 Å². The summed E-state index contributed by atoms with van der Waals surface area (Å²) in [6, 6.07) is 10.6. The molecule has 0 spiro atoms. The Bertz CT molecular complexity index is 962. The summed E-state index contributed by atoms with van der Waals surface area (Å²) in [5, 5.41) is 3.00. The lowest BCUT2D eigenvalue weighted by Crippen LogP contribution is -2.43. The van der Waals surface area contributed by atoms with Crippen molar-refractivity contribution in [3.8, 4) is 0 Å². The van der Waals surface area contributed by atoms with Gasteiger partial charge in [-0.1, -0.05) is 45.7 Å². The van der Waals surface area contributed by atoms with Gasteiger partial charge in [-0.15, -0.1) is 0 Å². The van der Waals surface area contributed by atoms with Crippen molar-refractivity contribution in [1.82, 2.24) is 14.6 Å². The first-order valence-corrected chi connectivity index (χ1v) is 11.6. The largest absolute Gasteiger partial charge is 0.349 e. The molecule has 2 aromatic rings. The van der Waals surface area contributed by atoms with E-state index in [2.05, 4.69) is 26.2 Å². The minimum absolute atomic E-state index is 0.00196. The number of carbonyl (C=O) groups excluding carboxylic acids is 1. The number of pyridine rings is 1. The lowest BCUT2D eigenvalue weighted by atomic mass is 9.96. The van der Waals surface area contributed by atoms with Crippen molar-refractivity contribution in [3.05, 3.63) is 57.8 Å². The third-order valence-corrected chi connectivity index (χ3v) is 7.96. The van der Waals surface area contributed by atoms with Crippen molar-refractivity contribution in [3.63, 3.8) is 0 Å². The number of sulfonamides is 1. The van der Waals surface area contributed by atoms with Gasteiger partial charge in [-0.05, 0) is 43.5 Å². The molecular weight excluding hydrogens is 466 g/mol. The molecule has 6 nitrogen and oxygen atoms in total. The van der Waals surface area contributed by atoms with Crippen LogP contribution in [0.15, 0.2) is 52.0 Å². The zero-order valence-electron chi connectivity index (χ0n) is 15.3. The van der Waals surface area contributed by atoms with Crippen LogP contribution in [0.2, 0.25) is 5.15 Å². The smallest absolute Gasteiger partial charge is 0.246 e. The van der Waals surface area contributed by atoms with Crippen molar-refractivity contribution in [2.45, 2.75) is 30.7 Å². The number of rotatable bonds is 5. The van der Waals surface area contributed by atoms with Crippen LogP contribution in [0.3, 0.4) is 0 Å². The van der Waals surface area contributed by atoms with E-state index in [1.807, 2.05) is 31.2 Å². The second-order valence-electron chi connectivity index (χ2n) is 6.72. The Kier molecular flexibility index (Phi) is 6.75. The van der Waals surface area contributed by atoms with E-state index in [1.54, 1.807) is 6.07 Å². The normalized spacial score (nSPS) is 17.2. The molecule has 2 heterocycles. The highest BCUT2D eigenvalue weighted by Crippen LogP contribution is 2.28. The van der Waals surface area contributed by atoms with Crippen LogP contribution in [0, 0.1) is 5.92 Å². The molecule has 3 rings (SSSR count). The maximum atomic E-state index is 12.8. The van der Waals surface area contributed by atoms with E-state index < -0.39 is 10.0 Å². The highest BCUT2D eigenvalue weighted by atomic mass is 79.9. The fourth-order valence-electron chi connectivity index (χ4n) is 3.30. The summed E-state index contributed by atoms with van der Waals surface area (Å²) >= 11 is 9.45. The predicted molar refractivity (Wildman–Crippen MR) is 111 cm³/mol. The molecule has 28 heavy (non-hydrogen) atoms. The van der Waals surface area contributed by atoms with Gasteiger partial charge in [0.05, 0.1) is 6.04 Å². The van der Waals surface area contributed by atoms with Crippen molar-refractivity contribution in [1.29, 1.82) is 0 Å². The Morgan fingerprint density at radius 1 is 1.25 bits per heavy atom. The number of halogens is 2. The number of benzene rings is 1. The molecule has 1 aromatic carbocycles. The van der Waals surface area contributed by atoms with E-state index in [1.165, 1.54) is 16.6 Å². The van der Waals surface area contributed by atoms with Crippen LogP contribution in [0.4, 0.5) is 0 Å². The van der Waals surface area contributed by atoms with E-state index in [9.17, 15) is 13.2 Å². The number of aromatic nitrogens is 1. The summed E-state index contributed by atoms with van der Waals surface area (Å²) < 4.78 is 27.9. The average molecular weight is 487 g/mol. The van der Waals surface area contributed by atoms with Crippen LogP contribution >= 0.6 is 27.5 Å². The molecule has 1 amide bonds. The summed E-state index contributed by atoms with van der Waals surface area (Å²) in [6.07, 6.45) is 2.38. The van der Waals surface area contributed by atoms with E-state index in [0.717, 1.165) is 10.0 Å². The number of carbonyl (C=O) groups is 1. The SMILES string of the molecule is CC(NC(=O)C1CCN(S(=O)(=O)c2cccnc2Cl)CC1)c1ccccc1Br. The van der Waals surface area contributed by atoms with Crippen molar-refractivity contribution in [2.24, 2.45) is 5.92 Å². The van der Waals surface area contributed by atoms with Crippen LogP contribution in [-0.2, 0) is 14.8 Å². The van der Waals surface area contributed by atoms with E-state index in [4.69, 9.17) is 11.6 Å². The number of hydrogen-bond acceptors (Lipinski definition) is 4.